The summed E-state index contributed by atoms with van der Waals surface area (Å²) in [5.41, 5.74) is 0. The standard InChI is InChI=1S/C12H25NOS/c1-10-6-4-5-7-12(10)8-13-11(2)9-15(3)14/h10-13H,4-9H2,1-3H3. The highest BCUT2D eigenvalue weighted by atomic mass is 32.2. The van der Waals surface area contributed by atoms with E-state index in [4.69, 9.17) is 0 Å². The van der Waals surface area contributed by atoms with Crippen molar-refractivity contribution in [3.8, 4) is 0 Å². The zero-order valence-electron chi connectivity index (χ0n) is 10.3. The van der Waals surface area contributed by atoms with E-state index in [0.29, 0.717) is 6.04 Å². The lowest BCUT2D eigenvalue weighted by Crippen LogP contribution is -2.37. The van der Waals surface area contributed by atoms with E-state index in [-0.39, 0.29) is 0 Å². The van der Waals surface area contributed by atoms with Crippen molar-refractivity contribution in [3.05, 3.63) is 0 Å². The monoisotopic (exact) mass is 231 g/mol. The van der Waals surface area contributed by atoms with E-state index >= 15 is 0 Å². The molecule has 15 heavy (non-hydrogen) atoms. The minimum Gasteiger partial charge on any atom is -0.313 e. The second-order valence-corrected chi connectivity index (χ2v) is 6.55. The highest BCUT2D eigenvalue weighted by Gasteiger charge is 2.21. The van der Waals surface area contributed by atoms with Gasteiger partial charge in [0.05, 0.1) is 0 Å². The molecule has 0 aromatic carbocycles. The average molecular weight is 231 g/mol. The van der Waals surface area contributed by atoms with Crippen LogP contribution in [0.4, 0.5) is 0 Å². The fourth-order valence-corrected chi connectivity index (χ4v) is 3.28. The van der Waals surface area contributed by atoms with Crippen LogP contribution in [0.2, 0.25) is 0 Å². The molecule has 90 valence electrons. The van der Waals surface area contributed by atoms with Gasteiger partial charge in [0, 0.05) is 28.9 Å². The Bertz CT molecular complexity index is 208. The minimum atomic E-state index is -0.673. The number of hydrogen-bond donors (Lipinski definition) is 1. The summed E-state index contributed by atoms with van der Waals surface area (Å²) in [7, 11) is -0.673. The van der Waals surface area contributed by atoms with Gasteiger partial charge in [-0.05, 0) is 31.7 Å². The molecule has 4 atom stereocenters. The van der Waals surface area contributed by atoms with Crippen LogP contribution in [-0.4, -0.2) is 28.8 Å². The molecule has 3 heteroatoms. The Kier molecular flexibility index (Phi) is 5.83. The van der Waals surface area contributed by atoms with Crippen molar-refractivity contribution in [1.82, 2.24) is 5.32 Å². The predicted octanol–water partition coefficient (Wildman–Crippen LogP) is 2.17. The fraction of sp³-hybridized carbons (Fsp3) is 1.00. The smallest absolute Gasteiger partial charge is 0.0383 e. The van der Waals surface area contributed by atoms with E-state index in [1.54, 1.807) is 6.26 Å². The summed E-state index contributed by atoms with van der Waals surface area (Å²) >= 11 is 0. The van der Waals surface area contributed by atoms with E-state index in [0.717, 1.165) is 24.1 Å². The summed E-state index contributed by atoms with van der Waals surface area (Å²) < 4.78 is 11.0. The predicted molar refractivity (Wildman–Crippen MR) is 67.5 cm³/mol. The lowest BCUT2D eigenvalue weighted by atomic mass is 9.80. The first-order valence-corrected chi connectivity index (χ1v) is 7.85. The van der Waals surface area contributed by atoms with Gasteiger partial charge in [-0.15, -0.1) is 0 Å². The molecule has 1 rings (SSSR count). The Balaban J connectivity index is 2.20. The Morgan fingerprint density at radius 1 is 1.40 bits per heavy atom. The molecule has 4 unspecified atom stereocenters. The molecular weight excluding hydrogens is 206 g/mol. The molecule has 0 heterocycles. The molecule has 0 aliphatic heterocycles. The van der Waals surface area contributed by atoms with Crippen LogP contribution in [0.1, 0.15) is 39.5 Å². The number of rotatable bonds is 5. The number of hydrogen-bond acceptors (Lipinski definition) is 2. The van der Waals surface area contributed by atoms with Crippen molar-refractivity contribution < 1.29 is 4.21 Å². The Morgan fingerprint density at radius 2 is 2.07 bits per heavy atom. The summed E-state index contributed by atoms with van der Waals surface area (Å²) in [6, 6.07) is 0.393. The first-order chi connectivity index (χ1) is 7.09. The summed E-state index contributed by atoms with van der Waals surface area (Å²) in [6.07, 6.45) is 7.34. The van der Waals surface area contributed by atoms with Gasteiger partial charge in [-0.2, -0.15) is 0 Å². The summed E-state index contributed by atoms with van der Waals surface area (Å²) in [5, 5.41) is 3.52. The van der Waals surface area contributed by atoms with Gasteiger partial charge in [-0.3, -0.25) is 4.21 Å². The summed E-state index contributed by atoms with van der Waals surface area (Å²) in [5.74, 6) is 2.48. The molecule has 1 saturated carbocycles. The van der Waals surface area contributed by atoms with E-state index < -0.39 is 10.8 Å². The van der Waals surface area contributed by atoms with Crippen molar-refractivity contribution in [2.45, 2.75) is 45.6 Å². The quantitative estimate of drug-likeness (QED) is 0.785. The molecule has 0 bridgehead atoms. The molecule has 0 spiro atoms. The second-order valence-electron chi connectivity index (χ2n) is 5.07. The van der Waals surface area contributed by atoms with Gasteiger partial charge in [0.2, 0.25) is 0 Å². The second kappa shape index (κ2) is 6.64. The molecule has 1 aliphatic rings. The zero-order valence-corrected chi connectivity index (χ0v) is 11.1. The maximum atomic E-state index is 11.0. The van der Waals surface area contributed by atoms with Crippen molar-refractivity contribution in [2.24, 2.45) is 11.8 Å². The van der Waals surface area contributed by atoms with Gasteiger partial charge < -0.3 is 5.32 Å². The fourth-order valence-electron chi connectivity index (χ4n) is 2.46. The van der Waals surface area contributed by atoms with Crippen LogP contribution in [0.25, 0.3) is 0 Å². The minimum absolute atomic E-state index is 0.393. The van der Waals surface area contributed by atoms with Gasteiger partial charge >= 0.3 is 0 Å². The SMILES string of the molecule is CC(CS(C)=O)NCC1CCCCC1C. The molecule has 0 aromatic heterocycles. The highest BCUT2D eigenvalue weighted by molar-refractivity contribution is 7.84. The molecule has 0 saturated heterocycles. The van der Waals surface area contributed by atoms with Crippen LogP contribution in [0.5, 0.6) is 0 Å². The third kappa shape index (κ3) is 5.12. The van der Waals surface area contributed by atoms with Gasteiger partial charge in [-0.25, -0.2) is 0 Å². The third-order valence-electron chi connectivity index (χ3n) is 3.50. The molecule has 1 fully saturated rings. The molecule has 0 amide bonds. The topological polar surface area (TPSA) is 29.1 Å². The van der Waals surface area contributed by atoms with Crippen LogP contribution in [-0.2, 0) is 10.8 Å². The van der Waals surface area contributed by atoms with Gasteiger partial charge in [0.1, 0.15) is 0 Å². The van der Waals surface area contributed by atoms with Crippen molar-refractivity contribution in [1.29, 1.82) is 0 Å². The van der Waals surface area contributed by atoms with Gasteiger partial charge in [0.25, 0.3) is 0 Å². The van der Waals surface area contributed by atoms with E-state index in [1.165, 1.54) is 25.7 Å². The van der Waals surface area contributed by atoms with Crippen LogP contribution >= 0.6 is 0 Å². The van der Waals surface area contributed by atoms with E-state index in [2.05, 4.69) is 19.2 Å². The molecule has 0 aromatic rings. The molecule has 1 N–H and O–H groups in total. The Morgan fingerprint density at radius 3 is 2.67 bits per heavy atom. The first kappa shape index (κ1) is 13.2. The Labute approximate surface area is 96.7 Å². The zero-order chi connectivity index (χ0) is 11.3. The third-order valence-corrected chi connectivity index (χ3v) is 4.47. The van der Waals surface area contributed by atoms with Crippen molar-refractivity contribution in [3.63, 3.8) is 0 Å². The molecule has 2 nitrogen and oxygen atoms in total. The summed E-state index contributed by atoms with van der Waals surface area (Å²) in [6.45, 7) is 5.61. The maximum Gasteiger partial charge on any atom is 0.0383 e. The lowest BCUT2D eigenvalue weighted by Gasteiger charge is -2.30. The summed E-state index contributed by atoms with van der Waals surface area (Å²) in [4.78, 5) is 0. The van der Waals surface area contributed by atoms with Crippen LogP contribution < -0.4 is 5.32 Å². The normalized spacial score (nSPS) is 31.1. The largest absolute Gasteiger partial charge is 0.313 e. The maximum absolute atomic E-state index is 11.0. The van der Waals surface area contributed by atoms with Crippen LogP contribution in [0.15, 0.2) is 0 Å². The van der Waals surface area contributed by atoms with Gasteiger partial charge in [-0.1, -0.05) is 26.2 Å². The molecular formula is C12H25NOS. The van der Waals surface area contributed by atoms with Crippen molar-refractivity contribution in [2.75, 3.05) is 18.6 Å². The lowest BCUT2D eigenvalue weighted by molar-refractivity contribution is 0.244. The number of nitrogens with one attached hydrogen (secondary N) is 1. The average Bonchev–Trinajstić information content (AvgIpc) is 2.15. The van der Waals surface area contributed by atoms with E-state index in [9.17, 15) is 4.21 Å². The highest BCUT2D eigenvalue weighted by Crippen LogP contribution is 2.28. The Hall–Kier alpha value is 0.110. The van der Waals surface area contributed by atoms with Crippen LogP contribution in [0.3, 0.4) is 0 Å². The first-order valence-electron chi connectivity index (χ1n) is 6.13. The molecule has 0 radical (unpaired) electrons. The van der Waals surface area contributed by atoms with Crippen molar-refractivity contribution >= 4 is 10.8 Å². The van der Waals surface area contributed by atoms with Crippen LogP contribution in [0, 0.1) is 11.8 Å². The van der Waals surface area contributed by atoms with Gasteiger partial charge in [0.15, 0.2) is 0 Å². The molecule has 1 aliphatic carbocycles. The van der Waals surface area contributed by atoms with E-state index in [1.807, 2.05) is 0 Å².